The van der Waals surface area contributed by atoms with E-state index >= 15 is 0 Å². The second kappa shape index (κ2) is 7.32. The summed E-state index contributed by atoms with van der Waals surface area (Å²) in [6.45, 7) is 3.97. The van der Waals surface area contributed by atoms with E-state index in [1.807, 2.05) is 44.2 Å². The molecule has 0 bridgehead atoms. The molecule has 5 nitrogen and oxygen atoms in total. The number of aromatic nitrogens is 2. The molecule has 126 valence electrons. The highest BCUT2D eigenvalue weighted by atomic mass is 35.5. The van der Waals surface area contributed by atoms with Crippen LogP contribution in [0.15, 0.2) is 54.9 Å². The molecule has 0 unspecified atom stereocenters. The van der Waals surface area contributed by atoms with E-state index in [9.17, 15) is 4.79 Å². The number of benzene rings is 2. The third kappa shape index (κ3) is 4.33. The molecule has 0 atom stereocenters. The van der Waals surface area contributed by atoms with Crippen LogP contribution in [0.4, 0.5) is 17.2 Å². The van der Waals surface area contributed by atoms with Gasteiger partial charge in [-0.15, -0.1) is 0 Å². The molecule has 0 fully saturated rings. The summed E-state index contributed by atoms with van der Waals surface area (Å²) in [5, 5.41) is 6.65. The number of carbonyl (C=O) groups excluding carboxylic acids is 1. The van der Waals surface area contributed by atoms with Crippen LogP contribution in [-0.2, 0) is 0 Å². The number of hydrogen-bond donors (Lipinski definition) is 2. The SMILES string of the molecule is Cc1ccc(NC(=O)c2cc(Nc3ccc(Cl)cc3)ncn2)c(C)c1. The van der Waals surface area contributed by atoms with Crippen LogP contribution in [0.5, 0.6) is 0 Å². The zero-order valence-electron chi connectivity index (χ0n) is 13.9. The Labute approximate surface area is 151 Å². The number of rotatable bonds is 4. The molecule has 0 aliphatic carbocycles. The Balaban J connectivity index is 1.76. The zero-order chi connectivity index (χ0) is 17.8. The molecule has 3 rings (SSSR count). The maximum Gasteiger partial charge on any atom is 0.274 e. The van der Waals surface area contributed by atoms with Crippen LogP contribution in [0, 0.1) is 13.8 Å². The van der Waals surface area contributed by atoms with Gasteiger partial charge in [-0.25, -0.2) is 9.97 Å². The van der Waals surface area contributed by atoms with Crippen molar-refractivity contribution in [1.29, 1.82) is 0 Å². The molecule has 1 heterocycles. The smallest absolute Gasteiger partial charge is 0.274 e. The van der Waals surface area contributed by atoms with E-state index < -0.39 is 0 Å². The standard InChI is InChI=1S/C19H17ClN4O/c1-12-3-8-16(13(2)9-12)24-19(25)17-10-18(22-11-21-17)23-15-6-4-14(20)5-7-15/h3-11H,1-2H3,(H,24,25)(H,21,22,23). The lowest BCUT2D eigenvalue weighted by Gasteiger charge is -2.10. The summed E-state index contributed by atoms with van der Waals surface area (Å²) < 4.78 is 0. The van der Waals surface area contributed by atoms with E-state index in [1.165, 1.54) is 6.33 Å². The molecule has 0 aliphatic heterocycles. The molecular weight excluding hydrogens is 336 g/mol. The summed E-state index contributed by atoms with van der Waals surface area (Å²) in [4.78, 5) is 20.6. The molecule has 3 aromatic rings. The van der Waals surface area contributed by atoms with E-state index in [1.54, 1.807) is 18.2 Å². The highest BCUT2D eigenvalue weighted by molar-refractivity contribution is 6.30. The van der Waals surface area contributed by atoms with Crippen molar-refractivity contribution in [1.82, 2.24) is 9.97 Å². The molecule has 6 heteroatoms. The molecular formula is C19H17ClN4O. The highest BCUT2D eigenvalue weighted by Crippen LogP contribution is 2.19. The van der Waals surface area contributed by atoms with E-state index in [4.69, 9.17) is 11.6 Å². The van der Waals surface area contributed by atoms with Crippen molar-refractivity contribution < 1.29 is 4.79 Å². The van der Waals surface area contributed by atoms with E-state index in [0.29, 0.717) is 10.8 Å². The van der Waals surface area contributed by atoms with Gasteiger partial charge in [0.05, 0.1) is 0 Å². The molecule has 0 saturated heterocycles. The van der Waals surface area contributed by atoms with Crippen LogP contribution < -0.4 is 10.6 Å². The second-order valence-electron chi connectivity index (χ2n) is 5.69. The first kappa shape index (κ1) is 16.9. The highest BCUT2D eigenvalue weighted by Gasteiger charge is 2.11. The van der Waals surface area contributed by atoms with Crippen molar-refractivity contribution in [3.8, 4) is 0 Å². The van der Waals surface area contributed by atoms with Gasteiger partial charge in [-0.2, -0.15) is 0 Å². The average Bonchev–Trinajstić information content (AvgIpc) is 2.60. The average molecular weight is 353 g/mol. The predicted octanol–water partition coefficient (Wildman–Crippen LogP) is 4.74. The molecule has 0 radical (unpaired) electrons. The molecule has 0 saturated carbocycles. The van der Waals surface area contributed by atoms with Gasteiger partial charge in [-0.1, -0.05) is 29.3 Å². The molecule has 1 amide bonds. The molecule has 2 N–H and O–H groups in total. The van der Waals surface area contributed by atoms with Crippen LogP contribution in [0.25, 0.3) is 0 Å². The van der Waals surface area contributed by atoms with E-state index in [2.05, 4.69) is 20.6 Å². The van der Waals surface area contributed by atoms with E-state index in [-0.39, 0.29) is 11.6 Å². The summed E-state index contributed by atoms with van der Waals surface area (Å²) in [7, 11) is 0. The van der Waals surface area contributed by atoms with Gasteiger partial charge in [0.25, 0.3) is 5.91 Å². The maximum absolute atomic E-state index is 12.5. The first-order valence-electron chi connectivity index (χ1n) is 7.74. The molecule has 0 aliphatic rings. The molecule has 2 aromatic carbocycles. The monoisotopic (exact) mass is 352 g/mol. The van der Waals surface area contributed by atoms with Crippen molar-refractivity contribution in [2.45, 2.75) is 13.8 Å². The van der Waals surface area contributed by atoms with Crippen molar-refractivity contribution in [3.05, 3.63) is 76.7 Å². The lowest BCUT2D eigenvalue weighted by atomic mass is 10.1. The largest absolute Gasteiger partial charge is 0.340 e. The van der Waals surface area contributed by atoms with Crippen LogP contribution in [-0.4, -0.2) is 15.9 Å². The Morgan fingerprint density at radius 2 is 1.76 bits per heavy atom. The number of amides is 1. The molecule has 1 aromatic heterocycles. The quantitative estimate of drug-likeness (QED) is 0.711. The molecule has 0 spiro atoms. The topological polar surface area (TPSA) is 66.9 Å². The first-order valence-corrected chi connectivity index (χ1v) is 8.12. The number of halogens is 1. The summed E-state index contributed by atoms with van der Waals surface area (Å²) in [6, 6.07) is 14.7. The van der Waals surface area contributed by atoms with Crippen molar-refractivity contribution >= 4 is 34.7 Å². The number of aryl methyl sites for hydroxylation is 2. The van der Waals surface area contributed by atoms with Crippen LogP contribution >= 0.6 is 11.6 Å². The number of hydrogen-bond acceptors (Lipinski definition) is 4. The van der Waals surface area contributed by atoms with Gasteiger partial charge < -0.3 is 10.6 Å². The fraction of sp³-hybridized carbons (Fsp3) is 0.105. The number of carbonyl (C=O) groups is 1. The fourth-order valence-corrected chi connectivity index (χ4v) is 2.50. The lowest BCUT2D eigenvalue weighted by Crippen LogP contribution is -2.15. The van der Waals surface area contributed by atoms with Gasteiger partial charge in [0.1, 0.15) is 17.8 Å². The number of nitrogens with one attached hydrogen (secondary N) is 2. The van der Waals surface area contributed by atoms with Crippen LogP contribution in [0.2, 0.25) is 5.02 Å². The summed E-state index contributed by atoms with van der Waals surface area (Å²) >= 11 is 5.87. The van der Waals surface area contributed by atoms with Gasteiger partial charge in [0, 0.05) is 22.5 Å². The number of nitrogens with zero attached hydrogens (tertiary/aromatic N) is 2. The Kier molecular flexibility index (Phi) is 4.95. The third-order valence-corrected chi connectivity index (χ3v) is 3.90. The van der Waals surface area contributed by atoms with Gasteiger partial charge >= 0.3 is 0 Å². The Hall–Kier alpha value is -2.92. The van der Waals surface area contributed by atoms with Gasteiger partial charge in [0.2, 0.25) is 0 Å². The number of anilines is 3. The maximum atomic E-state index is 12.5. The summed E-state index contributed by atoms with van der Waals surface area (Å²) in [5.41, 5.74) is 4.02. The van der Waals surface area contributed by atoms with Gasteiger partial charge in [-0.3, -0.25) is 4.79 Å². The minimum absolute atomic E-state index is 0.284. The second-order valence-corrected chi connectivity index (χ2v) is 6.13. The summed E-state index contributed by atoms with van der Waals surface area (Å²) in [6.07, 6.45) is 1.36. The van der Waals surface area contributed by atoms with E-state index in [0.717, 1.165) is 22.5 Å². The minimum Gasteiger partial charge on any atom is -0.340 e. The van der Waals surface area contributed by atoms with Crippen LogP contribution in [0.3, 0.4) is 0 Å². The van der Waals surface area contributed by atoms with Gasteiger partial charge in [-0.05, 0) is 49.7 Å². The fourth-order valence-electron chi connectivity index (χ4n) is 2.37. The lowest BCUT2D eigenvalue weighted by molar-refractivity contribution is 0.102. The Bertz CT molecular complexity index is 910. The Morgan fingerprint density at radius 1 is 1.00 bits per heavy atom. The minimum atomic E-state index is -0.284. The van der Waals surface area contributed by atoms with Crippen LogP contribution in [0.1, 0.15) is 21.6 Å². The predicted molar refractivity (Wildman–Crippen MR) is 101 cm³/mol. The Morgan fingerprint density at radius 3 is 2.48 bits per heavy atom. The van der Waals surface area contributed by atoms with Crippen molar-refractivity contribution in [2.75, 3.05) is 10.6 Å². The summed E-state index contributed by atoms with van der Waals surface area (Å²) in [5.74, 6) is 0.247. The van der Waals surface area contributed by atoms with Crippen molar-refractivity contribution in [3.63, 3.8) is 0 Å². The third-order valence-electron chi connectivity index (χ3n) is 3.65. The zero-order valence-corrected chi connectivity index (χ0v) is 14.6. The molecule has 25 heavy (non-hydrogen) atoms. The van der Waals surface area contributed by atoms with Gasteiger partial charge in [0.15, 0.2) is 0 Å². The van der Waals surface area contributed by atoms with Crippen molar-refractivity contribution in [2.24, 2.45) is 0 Å². The normalized spacial score (nSPS) is 10.4. The first-order chi connectivity index (χ1) is 12.0.